The van der Waals surface area contributed by atoms with Crippen LogP contribution in [0.4, 0.5) is 5.95 Å². The van der Waals surface area contributed by atoms with Gasteiger partial charge in [-0.1, -0.05) is 11.6 Å². The Hall–Kier alpha value is -0.850. The van der Waals surface area contributed by atoms with Gasteiger partial charge in [-0.05, 0) is 18.7 Å². The first-order valence-electron chi connectivity index (χ1n) is 4.49. The molecule has 2 rings (SSSR count). The number of aryl methyl sites for hydroxylation is 1. The smallest absolute Gasteiger partial charge is 0.223 e. The first-order valence-corrected chi connectivity index (χ1v) is 6.56. The van der Waals surface area contributed by atoms with Crippen LogP contribution in [0.5, 0.6) is 0 Å². The van der Waals surface area contributed by atoms with Crippen LogP contribution in [0, 0.1) is 6.92 Å². The van der Waals surface area contributed by atoms with Crippen molar-refractivity contribution in [3.05, 3.63) is 22.3 Å². The van der Waals surface area contributed by atoms with Gasteiger partial charge in [-0.3, -0.25) is 0 Å². The lowest BCUT2D eigenvalue weighted by Crippen LogP contribution is -1.96. The summed E-state index contributed by atoms with van der Waals surface area (Å²) in [5.41, 5.74) is 1.01. The standard InChI is InChI=1S/C9H9ClN4S2/c1-5-4-15-9(13-5)16-7-6(10)3-12-8(11-2)14-7/h3-4H,1-2H3,(H,11,12,14). The van der Waals surface area contributed by atoms with Gasteiger partial charge in [0.2, 0.25) is 5.95 Å². The molecule has 2 aromatic rings. The lowest BCUT2D eigenvalue weighted by molar-refractivity contribution is 1.04. The van der Waals surface area contributed by atoms with Gasteiger partial charge < -0.3 is 5.32 Å². The number of nitrogens with zero attached hydrogens (tertiary/aromatic N) is 3. The number of hydrogen-bond donors (Lipinski definition) is 1. The maximum Gasteiger partial charge on any atom is 0.223 e. The molecule has 0 atom stereocenters. The highest BCUT2D eigenvalue weighted by Crippen LogP contribution is 2.33. The minimum Gasteiger partial charge on any atom is -0.357 e. The molecule has 2 aromatic heterocycles. The summed E-state index contributed by atoms with van der Waals surface area (Å²) in [6, 6.07) is 0. The first kappa shape index (κ1) is 11.6. The number of halogens is 1. The third-order valence-electron chi connectivity index (χ3n) is 1.72. The van der Waals surface area contributed by atoms with E-state index in [2.05, 4.69) is 20.3 Å². The Labute approximate surface area is 106 Å². The second-order valence-corrected chi connectivity index (χ2v) is 5.45. The zero-order valence-corrected chi connectivity index (χ0v) is 11.1. The van der Waals surface area contributed by atoms with Crippen molar-refractivity contribution in [1.29, 1.82) is 0 Å². The fourth-order valence-electron chi connectivity index (χ4n) is 1.01. The Morgan fingerprint density at radius 1 is 1.44 bits per heavy atom. The molecule has 0 spiro atoms. The average molecular weight is 273 g/mol. The fraction of sp³-hybridized carbons (Fsp3) is 0.222. The Bertz CT molecular complexity index is 500. The SMILES string of the molecule is CNc1ncc(Cl)c(Sc2nc(C)cs2)n1. The fourth-order valence-corrected chi connectivity index (χ4v) is 2.94. The highest BCUT2D eigenvalue weighted by Gasteiger charge is 2.09. The van der Waals surface area contributed by atoms with Crippen LogP contribution in [-0.2, 0) is 0 Å². The van der Waals surface area contributed by atoms with Crippen LogP contribution in [-0.4, -0.2) is 22.0 Å². The van der Waals surface area contributed by atoms with E-state index in [1.807, 2.05) is 12.3 Å². The van der Waals surface area contributed by atoms with E-state index < -0.39 is 0 Å². The van der Waals surface area contributed by atoms with Gasteiger partial charge in [-0.25, -0.2) is 15.0 Å². The Morgan fingerprint density at radius 2 is 2.25 bits per heavy atom. The molecule has 7 heteroatoms. The van der Waals surface area contributed by atoms with Crippen LogP contribution in [0.25, 0.3) is 0 Å². The third kappa shape index (κ3) is 2.63. The molecule has 1 N–H and O–H groups in total. The third-order valence-corrected chi connectivity index (χ3v) is 4.17. The molecule has 0 fully saturated rings. The highest BCUT2D eigenvalue weighted by molar-refractivity contribution is 8.01. The van der Waals surface area contributed by atoms with Crippen molar-refractivity contribution < 1.29 is 0 Å². The van der Waals surface area contributed by atoms with Crippen LogP contribution >= 0.6 is 34.7 Å². The predicted octanol–water partition coefficient (Wildman–Crippen LogP) is 3.09. The summed E-state index contributed by atoms with van der Waals surface area (Å²) in [5, 5.41) is 6.13. The molecule has 2 heterocycles. The summed E-state index contributed by atoms with van der Waals surface area (Å²) in [4.78, 5) is 12.6. The van der Waals surface area contributed by atoms with Gasteiger partial charge in [0.25, 0.3) is 0 Å². The minimum atomic E-state index is 0.539. The average Bonchev–Trinajstić information content (AvgIpc) is 2.67. The van der Waals surface area contributed by atoms with E-state index in [1.165, 1.54) is 11.8 Å². The first-order chi connectivity index (χ1) is 7.69. The lowest BCUT2D eigenvalue weighted by atomic mass is 10.6. The zero-order valence-electron chi connectivity index (χ0n) is 8.69. The summed E-state index contributed by atoms with van der Waals surface area (Å²) >= 11 is 9.04. The van der Waals surface area contributed by atoms with Crippen LogP contribution < -0.4 is 5.32 Å². The molecule has 0 unspecified atom stereocenters. The van der Waals surface area contributed by atoms with Crippen LogP contribution in [0.3, 0.4) is 0 Å². The molecule has 84 valence electrons. The van der Waals surface area contributed by atoms with Crippen molar-refractivity contribution in [2.45, 2.75) is 16.3 Å². The van der Waals surface area contributed by atoms with Gasteiger partial charge in [0, 0.05) is 18.1 Å². The lowest BCUT2D eigenvalue weighted by Gasteiger charge is -2.02. The molecular formula is C9H9ClN4S2. The van der Waals surface area contributed by atoms with Gasteiger partial charge in [0.05, 0.1) is 11.2 Å². The van der Waals surface area contributed by atoms with Gasteiger partial charge >= 0.3 is 0 Å². The van der Waals surface area contributed by atoms with Gasteiger partial charge in [-0.15, -0.1) is 11.3 Å². The van der Waals surface area contributed by atoms with E-state index in [-0.39, 0.29) is 0 Å². The maximum absolute atomic E-state index is 6.01. The van der Waals surface area contributed by atoms with Crippen molar-refractivity contribution in [1.82, 2.24) is 15.0 Å². The van der Waals surface area contributed by atoms with Crippen molar-refractivity contribution in [3.8, 4) is 0 Å². The molecule has 0 aliphatic carbocycles. The van der Waals surface area contributed by atoms with E-state index in [9.17, 15) is 0 Å². The second kappa shape index (κ2) is 4.99. The number of nitrogens with one attached hydrogen (secondary N) is 1. The summed E-state index contributed by atoms with van der Waals surface area (Å²) in [6.07, 6.45) is 1.59. The number of thiazole rings is 1. The minimum absolute atomic E-state index is 0.539. The van der Waals surface area contributed by atoms with Crippen molar-refractivity contribution in [3.63, 3.8) is 0 Å². The van der Waals surface area contributed by atoms with E-state index in [4.69, 9.17) is 11.6 Å². The molecule has 0 saturated carbocycles. The van der Waals surface area contributed by atoms with Crippen molar-refractivity contribution in [2.75, 3.05) is 12.4 Å². The van der Waals surface area contributed by atoms with E-state index in [0.717, 1.165) is 15.1 Å². The molecule has 0 aliphatic heterocycles. The van der Waals surface area contributed by atoms with E-state index >= 15 is 0 Å². The van der Waals surface area contributed by atoms with Gasteiger partial charge in [0.15, 0.2) is 4.34 Å². The zero-order chi connectivity index (χ0) is 11.5. The molecule has 0 aromatic carbocycles. The Kier molecular flexibility index (Phi) is 3.63. The molecule has 16 heavy (non-hydrogen) atoms. The van der Waals surface area contributed by atoms with Crippen LogP contribution in [0.2, 0.25) is 5.02 Å². The molecular weight excluding hydrogens is 264 g/mol. The number of hydrogen-bond acceptors (Lipinski definition) is 6. The topological polar surface area (TPSA) is 50.7 Å². The van der Waals surface area contributed by atoms with Gasteiger partial charge in [0.1, 0.15) is 5.03 Å². The quantitative estimate of drug-likeness (QED) is 0.870. The Balaban J connectivity index is 2.26. The normalized spacial score (nSPS) is 10.4. The predicted molar refractivity (Wildman–Crippen MR) is 67.6 cm³/mol. The monoisotopic (exact) mass is 272 g/mol. The van der Waals surface area contributed by atoms with Crippen LogP contribution in [0.15, 0.2) is 20.9 Å². The number of anilines is 1. The van der Waals surface area contributed by atoms with Gasteiger partial charge in [-0.2, -0.15) is 0 Å². The Morgan fingerprint density at radius 3 is 2.88 bits per heavy atom. The summed E-state index contributed by atoms with van der Waals surface area (Å²) in [7, 11) is 1.77. The summed E-state index contributed by atoms with van der Waals surface area (Å²) in [5.74, 6) is 0.556. The largest absolute Gasteiger partial charge is 0.357 e. The molecule has 0 saturated heterocycles. The molecule has 0 amide bonds. The van der Waals surface area contributed by atoms with Crippen molar-refractivity contribution in [2.24, 2.45) is 0 Å². The molecule has 0 radical (unpaired) electrons. The number of rotatable bonds is 3. The van der Waals surface area contributed by atoms with E-state index in [0.29, 0.717) is 11.0 Å². The molecule has 0 aliphatic rings. The summed E-state index contributed by atoms with van der Waals surface area (Å²) in [6.45, 7) is 1.96. The van der Waals surface area contributed by atoms with E-state index in [1.54, 1.807) is 24.6 Å². The second-order valence-electron chi connectivity index (χ2n) is 2.95. The highest BCUT2D eigenvalue weighted by atomic mass is 35.5. The summed E-state index contributed by atoms with van der Waals surface area (Å²) < 4.78 is 0.931. The molecule has 0 bridgehead atoms. The van der Waals surface area contributed by atoms with Crippen LogP contribution in [0.1, 0.15) is 5.69 Å². The molecule has 4 nitrogen and oxygen atoms in total. The van der Waals surface area contributed by atoms with Crippen molar-refractivity contribution >= 4 is 40.6 Å². The maximum atomic E-state index is 6.01. The number of aromatic nitrogens is 3.